The van der Waals surface area contributed by atoms with Gasteiger partial charge in [-0.25, -0.2) is 9.97 Å². The van der Waals surface area contributed by atoms with Gasteiger partial charge in [0.1, 0.15) is 11.6 Å². The number of nitrogens with one attached hydrogen (secondary N) is 1. The molecule has 2 rings (SSSR count). The molecule has 0 atom stereocenters. The van der Waals surface area contributed by atoms with Crippen LogP contribution in [0.4, 0.5) is 5.82 Å². The van der Waals surface area contributed by atoms with Crippen LogP contribution < -0.4 is 5.32 Å². The summed E-state index contributed by atoms with van der Waals surface area (Å²) in [7, 11) is 1.85. The Bertz CT molecular complexity index is 439. The van der Waals surface area contributed by atoms with Crippen LogP contribution in [0.2, 0.25) is 0 Å². The van der Waals surface area contributed by atoms with Crippen molar-refractivity contribution in [1.82, 2.24) is 15.0 Å². The van der Waals surface area contributed by atoms with Gasteiger partial charge >= 0.3 is 0 Å². The van der Waals surface area contributed by atoms with Gasteiger partial charge in [-0.2, -0.15) is 0 Å². The minimum absolute atomic E-state index is 0.754. The lowest BCUT2D eigenvalue weighted by molar-refractivity contribution is 1.08. The summed E-state index contributed by atoms with van der Waals surface area (Å²) in [4.78, 5) is 12.6. The molecule has 2 aromatic heterocycles. The molecule has 13 heavy (non-hydrogen) atoms. The highest BCUT2D eigenvalue weighted by Gasteiger charge is 2.02. The standard InChI is InChI=1S/C9H10N4/c1-6-12-8-5-11-4-3-7(8)9(10-2)13-6/h3-5H,1-2H3,(H,10,12,13). The van der Waals surface area contributed by atoms with E-state index in [9.17, 15) is 0 Å². The summed E-state index contributed by atoms with van der Waals surface area (Å²) >= 11 is 0. The summed E-state index contributed by atoms with van der Waals surface area (Å²) in [6.07, 6.45) is 3.48. The molecule has 2 aromatic rings. The third-order valence-corrected chi connectivity index (χ3v) is 1.85. The summed E-state index contributed by atoms with van der Waals surface area (Å²) in [5.74, 6) is 1.61. The first-order valence-corrected chi connectivity index (χ1v) is 4.07. The Balaban J connectivity index is 2.81. The van der Waals surface area contributed by atoms with E-state index < -0.39 is 0 Å². The lowest BCUT2D eigenvalue weighted by Crippen LogP contribution is -1.98. The minimum atomic E-state index is 0.754. The van der Waals surface area contributed by atoms with Crippen LogP contribution in [0.15, 0.2) is 18.5 Å². The number of rotatable bonds is 1. The molecule has 4 heteroatoms. The van der Waals surface area contributed by atoms with Crippen LogP contribution in [0.1, 0.15) is 5.82 Å². The van der Waals surface area contributed by atoms with Crippen molar-refractivity contribution in [3.63, 3.8) is 0 Å². The zero-order valence-corrected chi connectivity index (χ0v) is 7.57. The number of aryl methyl sites for hydroxylation is 1. The van der Waals surface area contributed by atoms with Crippen molar-refractivity contribution < 1.29 is 0 Å². The van der Waals surface area contributed by atoms with Gasteiger partial charge in [0.2, 0.25) is 0 Å². The summed E-state index contributed by atoms with van der Waals surface area (Å²) in [5, 5.41) is 4.03. The van der Waals surface area contributed by atoms with Crippen molar-refractivity contribution in [1.29, 1.82) is 0 Å². The van der Waals surface area contributed by atoms with E-state index in [1.54, 1.807) is 12.4 Å². The number of hydrogen-bond acceptors (Lipinski definition) is 4. The van der Waals surface area contributed by atoms with E-state index in [4.69, 9.17) is 0 Å². The maximum atomic E-state index is 4.27. The Morgan fingerprint density at radius 3 is 2.92 bits per heavy atom. The van der Waals surface area contributed by atoms with Gasteiger partial charge in [0.15, 0.2) is 0 Å². The van der Waals surface area contributed by atoms with Crippen LogP contribution in [-0.2, 0) is 0 Å². The molecular formula is C9H10N4. The Labute approximate surface area is 76.1 Å². The van der Waals surface area contributed by atoms with Gasteiger partial charge in [-0.3, -0.25) is 4.98 Å². The number of pyridine rings is 1. The third-order valence-electron chi connectivity index (χ3n) is 1.85. The van der Waals surface area contributed by atoms with Gasteiger partial charge in [0.25, 0.3) is 0 Å². The Morgan fingerprint density at radius 1 is 1.31 bits per heavy atom. The highest BCUT2D eigenvalue weighted by molar-refractivity contribution is 5.88. The lowest BCUT2D eigenvalue weighted by Gasteiger charge is -2.04. The molecule has 4 nitrogen and oxygen atoms in total. The molecule has 2 heterocycles. The van der Waals surface area contributed by atoms with E-state index in [0.29, 0.717) is 0 Å². The molecule has 0 saturated heterocycles. The highest BCUT2D eigenvalue weighted by atomic mass is 15.0. The predicted octanol–water partition coefficient (Wildman–Crippen LogP) is 1.37. The fourth-order valence-electron chi connectivity index (χ4n) is 1.29. The van der Waals surface area contributed by atoms with Crippen LogP contribution in [0, 0.1) is 6.92 Å². The molecule has 0 fully saturated rings. The van der Waals surface area contributed by atoms with Crippen molar-refractivity contribution in [2.24, 2.45) is 0 Å². The zero-order valence-electron chi connectivity index (χ0n) is 7.57. The number of fused-ring (bicyclic) bond motifs is 1. The molecule has 0 aliphatic carbocycles. The Hall–Kier alpha value is -1.71. The van der Waals surface area contributed by atoms with Gasteiger partial charge in [-0.15, -0.1) is 0 Å². The lowest BCUT2D eigenvalue weighted by atomic mass is 10.3. The summed E-state index contributed by atoms with van der Waals surface area (Å²) in [6.45, 7) is 1.87. The molecule has 0 aliphatic heterocycles. The summed E-state index contributed by atoms with van der Waals surface area (Å²) in [5.41, 5.74) is 0.874. The molecule has 1 N–H and O–H groups in total. The minimum Gasteiger partial charge on any atom is -0.373 e. The Kier molecular flexibility index (Phi) is 1.81. The van der Waals surface area contributed by atoms with Gasteiger partial charge in [0.05, 0.1) is 11.7 Å². The van der Waals surface area contributed by atoms with Crippen LogP contribution in [-0.4, -0.2) is 22.0 Å². The average molecular weight is 174 g/mol. The van der Waals surface area contributed by atoms with Gasteiger partial charge in [-0.05, 0) is 13.0 Å². The van der Waals surface area contributed by atoms with E-state index in [-0.39, 0.29) is 0 Å². The van der Waals surface area contributed by atoms with Gasteiger partial charge < -0.3 is 5.32 Å². The molecule has 0 spiro atoms. The fourth-order valence-corrected chi connectivity index (χ4v) is 1.29. The largest absolute Gasteiger partial charge is 0.373 e. The first-order chi connectivity index (χ1) is 6.31. The molecule has 0 unspecified atom stereocenters. The second kappa shape index (κ2) is 2.97. The quantitative estimate of drug-likeness (QED) is 0.709. The second-order valence-corrected chi connectivity index (χ2v) is 2.76. The average Bonchev–Trinajstić information content (AvgIpc) is 2.16. The van der Waals surface area contributed by atoms with Crippen LogP contribution >= 0.6 is 0 Å². The summed E-state index contributed by atoms with van der Waals surface area (Å²) in [6, 6.07) is 1.90. The maximum absolute atomic E-state index is 4.27. The maximum Gasteiger partial charge on any atom is 0.137 e. The van der Waals surface area contributed by atoms with E-state index >= 15 is 0 Å². The SMILES string of the molecule is CNc1nc(C)nc2cnccc12. The topological polar surface area (TPSA) is 50.7 Å². The second-order valence-electron chi connectivity index (χ2n) is 2.76. The number of anilines is 1. The van der Waals surface area contributed by atoms with Crippen LogP contribution in [0.5, 0.6) is 0 Å². The highest BCUT2D eigenvalue weighted by Crippen LogP contribution is 2.17. The molecule has 0 aromatic carbocycles. The molecule has 0 aliphatic rings. The number of aromatic nitrogens is 3. The molecular weight excluding hydrogens is 164 g/mol. The first kappa shape index (κ1) is 7.91. The van der Waals surface area contributed by atoms with Crippen molar-refractivity contribution in [3.8, 4) is 0 Å². The van der Waals surface area contributed by atoms with Crippen molar-refractivity contribution in [2.75, 3.05) is 12.4 Å². The smallest absolute Gasteiger partial charge is 0.137 e. The van der Waals surface area contributed by atoms with Gasteiger partial charge in [0, 0.05) is 18.6 Å². The van der Waals surface area contributed by atoms with Crippen LogP contribution in [0.3, 0.4) is 0 Å². The van der Waals surface area contributed by atoms with E-state index in [1.165, 1.54) is 0 Å². The summed E-state index contributed by atoms with van der Waals surface area (Å²) < 4.78 is 0. The fraction of sp³-hybridized carbons (Fsp3) is 0.222. The monoisotopic (exact) mass is 174 g/mol. The van der Waals surface area contributed by atoms with Gasteiger partial charge in [-0.1, -0.05) is 0 Å². The molecule has 0 bridgehead atoms. The van der Waals surface area contributed by atoms with E-state index in [2.05, 4.69) is 20.3 Å². The predicted molar refractivity (Wildman–Crippen MR) is 51.6 cm³/mol. The molecule has 0 saturated carbocycles. The van der Waals surface area contributed by atoms with Crippen molar-refractivity contribution >= 4 is 16.7 Å². The number of hydrogen-bond donors (Lipinski definition) is 1. The first-order valence-electron chi connectivity index (χ1n) is 4.07. The van der Waals surface area contributed by atoms with E-state index in [1.807, 2.05) is 20.0 Å². The molecule has 0 amide bonds. The van der Waals surface area contributed by atoms with Crippen molar-refractivity contribution in [3.05, 3.63) is 24.3 Å². The molecule has 66 valence electrons. The Morgan fingerprint density at radius 2 is 2.15 bits per heavy atom. The van der Waals surface area contributed by atoms with E-state index in [0.717, 1.165) is 22.5 Å². The van der Waals surface area contributed by atoms with Crippen molar-refractivity contribution in [2.45, 2.75) is 6.92 Å². The normalized spacial score (nSPS) is 10.3. The molecule has 0 radical (unpaired) electrons. The number of nitrogens with zero attached hydrogens (tertiary/aromatic N) is 3. The zero-order chi connectivity index (χ0) is 9.26. The van der Waals surface area contributed by atoms with Crippen LogP contribution in [0.25, 0.3) is 10.9 Å². The third kappa shape index (κ3) is 1.30.